The summed E-state index contributed by atoms with van der Waals surface area (Å²) in [4.78, 5) is 2.11. The van der Waals surface area contributed by atoms with Crippen LogP contribution in [0.4, 0.5) is 4.39 Å². The minimum atomic E-state index is -0.258. The van der Waals surface area contributed by atoms with E-state index in [2.05, 4.69) is 4.90 Å². The zero-order valence-electron chi connectivity index (χ0n) is 7.99. The van der Waals surface area contributed by atoms with Gasteiger partial charge in [-0.25, -0.2) is 4.39 Å². The number of thiophene rings is 1. The van der Waals surface area contributed by atoms with Crippen LogP contribution in [-0.4, -0.2) is 37.3 Å². The van der Waals surface area contributed by atoms with Gasteiger partial charge in [-0.05, 0) is 23.9 Å². The Morgan fingerprint density at radius 3 is 3.29 bits per heavy atom. The molecule has 0 saturated carbocycles. The first kappa shape index (κ1) is 9.93. The molecular formula is C10H14FNOS. The molecule has 0 aromatic carbocycles. The second-order valence-electron chi connectivity index (χ2n) is 3.45. The standard InChI is InChI=1S/C10H14FNOS/c11-4-6-12-5-3-9(8-12)13-10-2-1-7-14-10/h1-2,7,9H,3-6,8H2. The van der Waals surface area contributed by atoms with Crippen molar-refractivity contribution >= 4 is 11.3 Å². The average molecular weight is 215 g/mol. The number of hydrogen-bond donors (Lipinski definition) is 0. The highest BCUT2D eigenvalue weighted by atomic mass is 32.1. The number of halogens is 1. The summed E-state index contributed by atoms with van der Waals surface area (Å²) in [5.41, 5.74) is 0. The van der Waals surface area contributed by atoms with E-state index in [1.807, 2.05) is 17.5 Å². The fraction of sp³-hybridized carbons (Fsp3) is 0.600. The van der Waals surface area contributed by atoms with Gasteiger partial charge in [0.25, 0.3) is 0 Å². The van der Waals surface area contributed by atoms with E-state index in [0.717, 1.165) is 24.6 Å². The van der Waals surface area contributed by atoms with E-state index in [0.29, 0.717) is 6.54 Å². The highest BCUT2D eigenvalue weighted by Crippen LogP contribution is 2.22. The lowest BCUT2D eigenvalue weighted by Gasteiger charge is -2.14. The highest BCUT2D eigenvalue weighted by molar-refractivity contribution is 7.11. The molecule has 78 valence electrons. The molecule has 2 nitrogen and oxygen atoms in total. The molecular weight excluding hydrogens is 201 g/mol. The molecule has 2 rings (SSSR count). The highest BCUT2D eigenvalue weighted by Gasteiger charge is 2.23. The van der Waals surface area contributed by atoms with Crippen LogP contribution in [0.2, 0.25) is 0 Å². The van der Waals surface area contributed by atoms with Crippen molar-refractivity contribution < 1.29 is 9.13 Å². The Balaban J connectivity index is 1.79. The molecule has 1 aromatic heterocycles. The van der Waals surface area contributed by atoms with Crippen LogP contribution < -0.4 is 4.74 Å². The van der Waals surface area contributed by atoms with Crippen LogP contribution in [0.1, 0.15) is 6.42 Å². The third kappa shape index (κ3) is 2.45. The molecule has 1 unspecified atom stereocenters. The van der Waals surface area contributed by atoms with Crippen molar-refractivity contribution in [2.45, 2.75) is 12.5 Å². The summed E-state index contributed by atoms with van der Waals surface area (Å²) in [6, 6.07) is 3.96. The lowest BCUT2D eigenvalue weighted by Crippen LogP contribution is -2.26. The maximum atomic E-state index is 12.1. The van der Waals surface area contributed by atoms with Crippen molar-refractivity contribution in [1.82, 2.24) is 4.90 Å². The molecule has 0 bridgehead atoms. The smallest absolute Gasteiger partial charge is 0.174 e. The summed E-state index contributed by atoms with van der Waals surface area (Å²) in [6.07, 6.45) is 1.26. The first-order valence-corrected chi connectivity index (χ1v) is 5.75. The molecule has 0 radical (unpaired) electrons. The lowest BCUT2D eigenvalue weighted by molar-refractivity contribution is 0.201. The molecule has 1 aliphatic rings. The van der Waals surface area contributed by atoms with Crippen molar-refractivity contribution in [1.29, 1.82) is 0 Å². The van der Waals surface area contributed by atoms with Gasteiger partial charge in [0.05, 0.1) is 0 Å². The van der Waals surface area contributed by atoms with Crippen molar-refractivity contribution in [3.8, 4) is 5.06 Å². The van der Waals surface area contributed by atoms with E-state index in [1.54, 1.807) is 11.3 Å². The van der Waals surface area contributed by atoms with E-state index in [9.17, 15) is 4.39 Å². The van der Waals surface area contributed by atoms with E-state index in [-0.39, 0.29) is 12.8 Å². The quantitative estimate of drug-likeness (QED) is 0.763. The molecule has 1 aromatic rings. The molecule has 1 saturated heterocycles. The second kappa shape index (κ2) is 4.75. The molecule has 0 spiro atoms. The number of alkyl halides is 1. The Morgan fingerprint density at radius 2 is 2.57 bits per heavy atom. The average Bonchev–Trinajstić information content (AvgIpc) is 2.79. The number of nitrogens with zero attached hydrogens (tertiary/aromatic N) is 1. The molecule has 1 fully saturated rings. The van der Waals surface area contributed by atoms with Gasteiger partial charge in [-0.3, -0.25) is 4.90 Å². The van der Waals surface area contributed by atoms with Crippen LogP contribution in [0.25, 0.3) is 0 Å². The van der Waals surface area contributed by atoms with Crippen LogP contribution in [0.15, 0.2) is 17.5 Å². The van der Waals surface area contributed by atoms with Crippen LogP contribution >= 0.6 is 11.3 Å². The van der Waals surface area contributed by atoms with Gasteiger partial charge in [-0.1, -0.05) is 0 Å². The van der Waals surface area contributed by atoms with Crippen LogP contribution in [0.3, 0.4) is 0 Å². The van der Waals surface area contributed by atoms with Crippen LogP contribution in [0, 0.1) is 0 Å². The summed E-state index contributed by atoms with van der Waals surface area (Å²) in [5.74, 6) is 0. The first-order chi connectivity index (χ1) is 6.88. The number of hydrogen-bond acceptors (Lipinski definition) is 3. The molecule has 0 N–H and O–H groups in total. The van der Waals surface area contributed by atoms with Gasteiger partial charge in [0, 0.05) is 19.6 Å². The first-order valence-electron chi connectivity index (χ1n) is 4.87. The summed E-state index contributed by atoms with van der Waals surface area (Å²) in [5, 5.41) is 2.97. The maximum Gasteiger partial charge on any atom is 0.174 e. The summed E-state index contributed by atoms with van der Waals surface area (Å²) < 4.78 is 17.8. The summed E-state index contributed by atoms with van der Waals surface area (Å²) in [7, 11) is 0. The summed E-state index contributed by atoms with van der Waals surface area (Å²) in [6.45, 7) is 2.11. The zero-order chi connectivity index (χ0) is 9.80. The van der Waals surface area contributed by atoms with Gasteiger partial charge in [0.2, 0.25) is 0 Å². The molecule has 1 atom stereocenters. The van der Waals surface area contributed by atoms with E-state index in [1.165, 1.54) is 0 Å². The fourth-order valence-electron chi connectivity index (χ4n) is 1.71. The van der Waals surface area contributed by atoms with E-state index in [4.69, 9.17) is 4.74 Å². The fourth-order valence-corrected chi connectivity index (χ4v) is 2.35. The third-order valence-corrected chi connectivity index (χ3v) is 3.17. The molecule has 4 heteroatoms. The van der Waals surface area contributed by atoms with E-state index < -0.39 is 0 Å². The van der Waals surface area contributed by atoms with Gasteiger partial charge < -0.3 is 4.74 Å². The van der Waals surface area contributed by atoms with Gasteiger partial charge in [0.15, 0.2) is 5.06 Å². The molecule has 14 heavy (non-hydrogen) atoms. The Bertz CT molecular complexity index is 265. The van der Waals surface area contributed by atoms with E-state index >= 15 is 0 Å². The second-order valence-corrected chi connectivity index (χ2v) is 4.36. The number of ether oxygens (including phenoxy) is 1. The van der Waals surface area contributed by atoms with Crippen molar-refractivity contribution in [3.05, 3.63) is 17.5 Å². The minimum absolute atomic E-state index is 0.250. The lowest BCUT2D eigenvalue weighted by atomic mass is 10.3. The van der Waals surface area contributed by atoms with Gasteiger partial charge in [-0.15, -0.1) is 11.3 Å². The maximum absolute atomic E-state index is 12.1. The molecule has 0 aliphatic carbocycles. The van der Waals surface area contributed by atoms with Crippen molar-refractivity contribution in [2.24, 2.45) is 0 Å². The monoisotopic (exact) mass is 215 g/mol. The van der Waals surface area contributed by atoms with Gasteiger partial charge in [-0.2, -0.15) is 0 Å². The SMILES string of the molecule is FCCN1CCC(Oc2cccs2)C1. The molecule has 0 amide bonds. The van der Waals surface area contributed by atoms with Gasteiger partial charge >= 0.3 is 0 Å². The predicted molar refractivity (Wildman–Crippen MR) is 55.8 cm³/mol. The Hall–Kier alpha value is -0.610. The topological polar surface area (TPSA) is 12.5 Å². The Kier molecular flexibility index (Phi) is 3.37. The number of rotatable bonds is 4. The minimum Gasteiger partial charge on any atom is -0.479 e. The van der Waals surface area contributed by atoms with Gasteiger partial charge in [0.1, 0.15) is 12.8 Å². The van der Waals surface area contributed by atoms with Crippen molar-refractivity contribution in [2.75, 3.05) is 26.3 Å². The van der Waals surface area contributed by atoms with Crippen molar-refractivity contribution in [3.63, 3.8) is 0 Å². The van der Waals surface area contributed by atoms with Crippen LogP contribution in [-0.2, 0) is 0 Å². The Morgan fingerprint density at radius 1 is 1.64 bits per heavy atom. The third-order valence-electron chi connectivity index (χ3n) is 2.41. The van der Waals surface area contributed by atoms with Crippen LogP contribution in [0.5, 0.6) is 5.06 Å². The Labute approximate surface area is 87.3 Å². The number of likely N-dealkylation sites (tertiary alicyclic amines) is 1. The zero-order valence-corrected chi connectivity index (χ0v) is 8.80. The molecule has 2 heterocycles. The normalized spacial score (nSPS) is 22.8. The summed E-state index contributed by atoms with van der Waals surface area (Å²) >= 11 is 1.61. The largest absolute Gasteiger partial charge is 0.479 e. The predicted octanol–water partition coefficient (Wildman–Crippen LogP) is 2.17. The molecule has 1 aliphatic heterocycles.